The minimum Gasteiger partial charge on any atom is -0.506 e. The van der Waals surface area contributed by atoms with Crippen molar-refractivity contribution in [3.8, 4) is 23.0 Å². The van der Waals surface area contributed by atoms with E-state index in [1.54, 1.807) is 42.5 Å². The van der Waals surface area contributed by atoms with Gasteiger partial charge in [-0.2, -0.15) is 0 Å². The van der Waals surface area contributed by atoms with Crippen molar-refractivity contribution in [2.45, 2.75) is 213 Å². The fourth-order valence-corrected chi connectivity index (χ4v) is 11.9. The molecule has 0 aliphatic rings. The van der Waals surface area contributed by atoms with Crippen molar-refractivity contribution >= 4 is 80.3 Å². The van der Waals surface area contributed by atoms with E-state index in [0.717, 1.165) is 60.7 Å². The second-order valence-corrected chi connectivity index (χ2v) is 28.0. The van der Waals surface area contributed by atoms with Gasteiger partial charge in [-0.05, 0) is 122 Å². The number of carbonyl (C=O) groups excluding carboxylic acids is 4. The van der Waals surface area contributed by atoms with E-state index in [1.807, 2.05) is 52.8 Å². The lowest BCUT2D eigenvalue weighted by molar-refractivity contribution is 0.0932. The summed E-state index contributed by atoms with van der Waals surface area (Å²) in [6.45, 7) is 31.2. The summed E-state index contributed by atoms with van der Waals surface area (Å²) in [4.78, 5) is 53.1. The van der Waals surface area contributed by atoms with Crippen LogP contribution in [0.2, 0.25) is 5.02 Å². The number of aromatic hydroxyl groups is 2. The molecule has 0 unspecified atom stereocenters. The number of halogens is 1. The van der Waals surface area contributed by atoms with Crippen LogP contribution in [0, 0.1) is 18.8 Å². The normalized spacial score (nSPS) is 11.6. The second-order valence-electron chi connectivity index (χ2n) is 26.5. The summed E-state index contributed by atoms with van der Waals surface area (Å²) in [6, 6.07) is 25.9. The van der Waals surface area contributed by atoms with Gasteiger partial charge in [0.05, 0.1) is 58.8 Å². The number of anilines is 2. The highest BCUT2D eigenvalue weighted by Gasteiger charge is 2.28. The zero-order valence-electron chi connectivity index (χ0n) is 58.6. The van der Waals surface area contributed by atoms with E-state index in [-0.39, 0.29) is 69.4 Å². The fourth-order valence-electron chi connectivity index (χ4n) is 10.3. The van der Waals surface area contributed by atoms with Crippen LogP contribution in [0.25, 0.3) is 21.5 Å². The number of carbonyl (C=O) groups is 4. The van der Waals surface area contributed by atoms with Crippen LogP contribution in [-0.2, 0) is 25.0 Å². The molecule has 17 heteroatoms. The lowest BCUT2D eigenvalue weighted by Crippen LogP contribution is -2.26. The lowest BCUT2D eigenvalue weighted by Gasteiger charge is -2.30. The van der Waals surface area contributed by atoms with Crippen LogP contribution in [-0.4, -0.2) is 86.9 Å². The molecule has 0 aliphatic heterocycles. The highest BCUT2D eigenvalue weighted by atomic mass is 35.5. The van der Waals surface area contributed by atoms with E-state index in [9.17, 15) is 29.4 Å². The standard InChI is InChI=1S/C42H62N2O6S.C35H47ClN2O5/c1-6-8-10-11-12-13-14-15-16-17-25-48-26-19-24-43-41(46)34-29-38(51-37-28-32(5)22-23-36(37)49-27-9-7-2)39-33(40(34)45)20-18-21-35(39)44-42(47)50-30-31(3)4;1-9-34(5,6)23-15-16-29(26(19-23)35(7,8)10-2)42-18-12-17-37-32(40)25-20-27(36)30-24(31(25)39)13-11-14-28(30)38-33(41)43-21-22(3)4/h18,20-23,28-29,31,45H,6-17,19,24-27,30H2,1-5H3,(H,43,46)(H,44,47);11,13-16,19-20,22,39H,9-10,12,17-18,21H2,1-8H3,(H,37,40)(H,38,41). The third-order valence-corrected chi connectivity index (χ3v) is 18.2. The molecule has 516 valence electrons. The first-order valence-electron chi connectivity index (χ1n) is 34.4. The third kappa shape index (κ3) is 24.4. The average Bonchev–Trinajstić information content (AvgIpc) is 0.779. The topological polar surface area (TPSA) is 203 Å². The van der Waals surface area contributed by atoms with Crippen LogP contribution in [0.5, 0.6) is 23.0 Å². The highest BCUT2D eigenvalue weighted by Crippen LogP contribution is 2.46. The summed E-state index contributed by atoms with van der Waals surface area (Å²) in [5.41, 5.74) is 4.67. The summed E-state index contributed by atoms with van der Waals surface area (Å²) in [5.74, 6) is 0.799. The molecule has 6 N–H and O–H groups in total. The molecule has 0 heterocycles. The summed E-state index contributed by atoms with van der Waals surface area (Å²) < 4.78 is 28.8. The van der Waals surface area contributed by atoms with Crippen LogP contribution in [0.15, 0.2) is 94.7 Å². The molecule has 6 rings (SSSR count). The molecule has 6 aromatic carbocycles. The monoisotopic (exact) mass is 1330 g/mol. The van der Waals surface area contributed by atoms with E-state index in [1.165, 1.54) is 86.7 Å². The molecular formula is C77H109ClN4O11S. The summed E-state index contributed by atoms with van der Waals surface area (Å²) in [6.07, 6.45) is 16.9. The van der Waals surface area contributed by atoms with Gasteiger partial charge in [0.15, 0.2) is 0 Å². The minimum absolute atomic E-state index is 0.0416. The molecule has 0 saturated carbocycles. The number of hydrogen-bond donors (Lipinski definition) is 6. The van der Waals surface area contributed by atoms with Crippen molar-refractivity contribution in [3.63, 3.8) is 0 Å². The van der Waals surface area contributed by atoms with Crippen molar-refractivity contribution in [3.05, 3.63) is 118 Å². The van der Waals surface area contributed by atoms with E-state index < -0.39 is 18.1 Å². The number of phenolic OH excluding ortho intramolecular Hbond substituents is 2. The van der Waals surface area contributed by atoms with Crippen molar-refractivity contribution in [1.29, 1.82) is 0 Å². The van der Waals surface area contributed by atoms with Gasteiger partial charge >= 0.3 is 12.2 Å². The Balaban J connectivity index is 0.000000345. The molecule has 94 heavy (non-hydrogen) atoms. The molecular weight excluding hydrogens is 1220 g/mol. The molecule has 0 saturated heterocycles. The predicted molar refractivity (Wildman–Crippen MR) is 387 cm³/mol. The first-order valence-corrected chi connectivity index (χ1v) is 35.6. The Labute approximate surface area is 570 Å². The van der Waals surface area contributed by atoms with Gasteiger partial charge in [-0.15, -0.1) is 0 Å². The molecule has 0 bridgehead atoms. The van der Waals surface area contributed by atoms with Crippen molar-refractivity contribution < 1.29 is 53.1 Å². The van der Waals surface area contributed by atoms with E-state index in [4.69, 9.17) is 35.3 Å². The Morgan fingerprint density at radius 1 is 0.532 bits per heavy atom. The first-order chi connectivity index (χ1) is 45.0. The molecule has 0 fully saturated rings. The van der Waals surface area contributed by atoms with Gasteiger partial charge in [-0.1, -0.05) is 213 Å². The highest BCUT2D eigenvalue weighted by molar-refractivity contribution is 7.99. The van der Waals surface area contributed by atoms with Crippen molar-refractivity contribution in [1.82, 2.24) is 10.6 Å². The molecule has 0 aliphatic carbocycles. The number of fused-ring (bicyclic) bond motifs is 2. The molecule has 6 aromatic rings. The predicted octanol–water partition coefficient (Wildman–Crippen LogP) is 20.4. The number of hydrogen-bond acceptors (Lipinski definition) is 12. The Morgan fingerprint density at radius 3 is 1.59 bits per heavy atom. The summed E-state index contributed by atoms with van der Waals surface area (Å²) in [7, 11) is 0. The Morgan fingerprint density at radius 2 is 1.02 bits per heavy atom. The Bertz CT molecular complexity index is 3390. The van der Waals surface area contributed by atoms with Gasteiger partial charge in [0.25, 0.3) is 11.8 Å². The molecule has 0 radical (unpaired) electrons. The largest absolute Gasteiger partial charge is 0.506 e. The molecule has 15 nitrogen and oxygen atoms in total. The van der Waals surface area contributed by atoms with Gasteiger partial charge in [0.2, 0.25) is 0 Å². The zero-order chi connectivity index (χ0) is 68.8. The number of unbranched alkanes of at least 4 members (excludes halogenated alkanes) is 10. The third-order valence-electron chi connectivity index (χ3n) is 16.8. The van der Waals surface area contributed by atoms with Gasteiger partial charge < -0.3 is 44.5 Å². The maximum atomic E-state index is 13.5. The van der Waals surface area contributed by atoms with Crippen molar-refractivity contribution in [2.75, 3.05) is 63.4 Å². The lowest BCUT2D eigenvalue weighted by atomic mass is 9.76. The zero-order valence-corrected chi connectivity index (χ0v) is 60.1. The van der Waals surface area contributed by atoms with Gasteiger partial charge in [0.1, 0.15) is 23.0 Å². The Hall–Kier alpha value is -6.88. The molecule has 0 atom stereocenters. The quantitative estimate of drug-likeness (QED) is 0.0201. The van der Waals surface area contributed by atoms with Gasteiger partial charge in [-0.3, -0.25) is 20.2 Å². The maximum Gasteiger partial charge on any atom is 0.411 e. The number of nitrogens with one attached hydrogen (secondary N) is 4. The minimum atomic E-state index is -0.619. The van der Waals surface area contributed by atoms with Gasteiger partial charge in [0, 0.05) is 58.3 Å². The van der Waals surface area contributed by atoms with Crippen LogP contribution in [0.1, 0.15) is 223 Å². The van der Waals surface area contributed by atoms with E-state index in [0.29, 0.717) is 83.6 Å². The maximum absolute atomic E-state index is 13.5. The van der Waals surface area contributed by atoms with Gasteiger partial charge in [-0.25, -0.2) is 9.59 Å². The van der Waals surface area contributed by atoms with Crippen LogP contribution in [0.3, 0.4) is 0 Å². The number of benzene rings is 6. The number of ether oxygens (including phenoxy) is 5. The van der Waals surface area contributed by atoms with Crippen molar-refractivity contribution in [2.24, 2.45) is 11.8 Å². The number of aryl methyl sites for hydroxylation is 1. The molecule has 0 aromatic heterocycles. The van der Waals surface area contributed by atoms with E-state index >= 15 is 0 Å². The first kappa shape index (κ1) is 77.8. The SMILES string of the molecule is CCC(C)(C)c1ccc(OCCCNC(=O)c2cc(Cl)c3c(NC(=O)OCC(C)C)cccc3c2O)c(C(C)(C)CC)c1.CCCCCCCCCCCCOCCCNC(=O)c1cc(Sc2cc(C)ccc2OCCCC)c2c(NC(=O)OCC(C)C)cccc2c1O. The number of rotatable bonds is 38. The van der Waals surface area contributed by atoms with Crippen LogP contribution >= 0.6 is 23.4 Å². The second kappa shape index (κ2) is 39.9. The Kier molecular flexibility index (Phi) is 33.0. The average molecular weight is 1330 g/mol. The number of amides is 4. The fraction of sp³-hybridized carbons (Fsp3) is 0.532. The van der Waals surface area contributed by atoms with Crippen LogP contribution in [0.4, 0.5) is 21.0 Å². The van der Waals surface area contributed by atoms with Crippen LogP contribution < -0.4 is 30.7 Å². The molecule has 0 spiro atoms. The van der Waals surface area contributed by atoms with E-state index in [2.05, 4.69) is 94.9 Å². The summed E-state index contributed by atoms with van der Waals surface area (Å²) in [5, 5.41) is 35.8. The summed E-state index contributed by atoms with van der Waals surface area (Å²) >= 11 is 7.99. The molecule has 4 amide bonds. The number of phenols is 2. The smallest absolute Gasteiger partial charge is 0.411 e.